The van der Waals surface area contributed by atoms with Gasteiger partial charge in [-0.1, -0.05) is 80.1 Å². The SMILES string of the molecule is CC[C@H]1CC2CCCC[C@]2(C)[C@H]2CC[C@]3(C)[C@@H]([C@H](C)CCCC(C)C)CC[C@H]3[C@H]12. The highest BCUT2D eigenvalue weighted by molar-refractivity contribution is 5.10. The maximum Gasteiger partial charge on any atom is -0.0264 e. The third kappa shape index (κ3) is 3.75. The molecule has 0 aromatic carbocycles. The molecule has 29 heavy (non-hydrogen) atoms. The van der Waals surface area contributed by atoms with E-state index in [-0.39, 0.29) is 0 Å². The normalized spacial score (nSPS) is 48.1. The second kappa shape index (κ2) is 8.50. The molecular weight excluding hydrogens is 348 g/mol. The van der Waals surface area contributed by atoms with Gasteiger partial charge in [-0.25, -0.2) is 0 Å². The summed E-state index contributed by atoms with van der Waals surface area (Å²) in [5, 5.41) is 0. The van der Waals surface area contributed by atoms with Crippen LogP contribution in [0.3, 0.4) is 0 Å². The lowest BCUT2D eigenvalue weighted by Gasteiger charge is -2.63. The quantitative estimate of drug-likeness (QED) is 0.417. The lowest BCUT2D eigenvalue weighted by Crippen LogP contribution is -2.56. The molecule has 0 bridgehead atoms. The summed E-state index contributed by atoms with van der Waals surface area (Å²) in [5.74, 6) is 8.09. The molecule has 0 nitrogen and oxygen atoms in total. The molecular formula is C29H52. The molecule has 0 aliphatic heterocycles. The minimum Gasteiger partial charge on any atom is -0.0651 e. The molecule has 0 aromatic heterocycles. The Labute approximate surface area is 183 Å². The van der Waals surface area contributed by atoms with E-state index >= 15 is 0 Å². The van der Waals surface area contributed by atoms with Crippen LogP contribution in [0.15, 0.2) is 0 Å². The first-order valence-corrected chi connectivity index (χ1v) is 13.8. The Morgan fingerprint density at radius 3 is 2.31 bits per heavy atom. The fourth-order valence-corrected chi connectivity index (χ4v) is 9.91. The van der Waals surface area contributed by atoms with Crippen molar-refractivity contribution in [1.29, 1.82) is 0 Å². The van der Waals surface area contributed by atoms with Crippen LogP contribution in [0.5, 0.6) is 0 Å². The van der Waals surface area contributed by atoms with Gasteiger partial charge in [0.25, 0.3) is 0 Å². The summed E-state index contributed by atoms with van der Waals surface area (Å²) in [6, 6.07) is 0. The fourth-order valence-electron chi connectivity index (χ4n) is 9.91. The summed E-state index contributed by atoms with van der Waals surface area (Å²) in [4.78, 5) is 0. The number of fused-ring (bicyclic) bond motifs is 5. The molecule has 4 aliphatic carbocycles. The van der Waals surface area contributed by atoms with Crippen LogP contribution in [-0.4, -0.2) is 0 Å². The Balaban J connectivity index is 1.53. The van der Waals surface area contributed by atoms with Crippen molar-refractivity contribution in [2.24, 2.45) is 58.2 Å². The van der Waals surface area contributed by atoms with Crippen molar-refractivity contribution in [3.63, 3.8) is 0 Å². The van der Waals surface area contributed by atoms with Gasteiger partial charge >= 0.3 is 0 Å². The highest BCUT2D eigenvalue weighted by atomic mass is 14.7. The summed E-state index contributed by atoms with van der Waals surface area (Å²) in [6.45, 7) is 15.5. The molecule has 0 heteroatoms. The zero-order valence-electron chi connectivity index (χ0n) is 20.8. The van der Waals surface area contributed by atoms with E-state index in [0.717, 1.165) is 47.3 Å². The highest BCUT2D eigenvalue weighted by Crippen LogP contribution is 2.69. The fraction of sp³-hybridized carbons (Fsp3) is 1.00. The Morgan fingerprint density at radius 1 is 0.828 bits per heavy atom. The smallest absolute Gasteiger partial charge is 0.0264 e. The Kier molecular flexibility index (Phi) is 6.51. The Bertz CT molecular complexity index is 548. The van der Waals surface area contributed by atoms with Gasteiger partial charge < -0.3 is 0 Å². The summed E-state index contributed by atoms with van der Waals surface area (Å²) >= 11 is 0. The van der Waals surface area contributed by atoms with Gasteiger partial charge in [-0.3, -0.25) is 0 Å². The number of rotatable bonds is 6. The van der Waals surface area contributed by atoms with Crippen molar-refractivity contribution < 1.29 is 0 Å². The minimum absolute atomic E-state index is 0.656. The lowest BCUT2D eigenvalue weighted by atomic mass is 9.42. The van der Waals surface area contributed by atoms with Crippen LogP contribution in [0.25, 0.3) is 0 Å². The Morgan fingerprint density at radius 2 is 1.59 bits per heavy atom. The number of hydrogen-bond donors (Lipinski definition) is 0. The van der Waals surface area contributed by atoms with Crippen LogP contribution in [0.1, 0.15) is 125 Å². The molecule has 0 aromatic rings. The molecule has 4 fully saturated rings. The van der Waals surface area contributed by atoms with Gasteiger partial charge in [0.15, 0.2) is 0 Å². The minimum atomic E-state index is 0.656. The first kappa shape index (κ1) is 22.2. The predicted octanol–water partition coefficient (Wildman–Crippen LogP) is 9.13. The van der Waals surface area contributed by atoms with E-state index in [9.17, 15) is 0 Å². The monoisotopic (exact) mass is 400 g/mol. The molecule has 4 saturated carbocycles. The third-order valence-corrected chi connectivity index (χ3v) is 11.5. The lowest BCUT2D eigenvalue weighted by molar-refractivity contribution is -0.141. The zero-order chi connectivity index (χ0) is 20.8. The van der Waals surface area contributed by atoms with Crippen LogP contribution >= 0.6 is 0 Å². The van der Waals surface area contributed by atoms with E-state index in [4.69, 9.17) is 0 Å². The van der Waals surface area contributed by atoms with Crippen LogP contribution in [-0.2, 0) is 0 Å². The first-order valence-electron chi connectivity index (χ1n) is 13.8. The van der Waals surface area contributed by atoms with Crippen molar-refractivity contribution in [2.75, 3.05) is 0 Å². The molecule has 9 atom stereocenters. The van der Waals surface area contributed by atoms with Gasteiger partial charge in [-0.2, -0.15) is 0 Å². The van der Waals surface area contributed by atoms with E-state index in [1.54, 1.807) is 44.9 Å². The molecule has 0 saturated heterocycles. The molecule has 4 rings (SSSR count). The van der Waals surface area contributed by atoms with Crippen molar-refractivity contribution in [3.8, 4) is 0 Å². The van der Waals surface area contributed by atoms with Crippen LogP contribution < -0.4 is 0 Å². The first-order chi connectivity index (χ1) is 13.8. The van der Waals surface area contributed by atoms with Gasteiger partial charge in [-0.15, -0.1) is 0 Å². The average molecular weight is 401 g/mol. The van der Waals surface area contributed by atoms with Gasteiger partial charge in [0.2, 0.25) is 0 Å². The topological polar surface area (TPSA) is 0 Å². The second-order valence-corrected chi connectivity index (χ2v) is 13.2. The van der Waals surface area contributed by atoms with Gasteiger partial charge in [0.1, 0.15) is 0 Å². The van der Waals surface area contributed by atoms with E-state index in [1.165, 1.54) is 38.5 Å². The molecule has 4 aliphatic rings. The summed E-state index contributed by atoms with van der Waals surface area (Å²) in [6.07, 6.45) is 19.8. The van der Waals surface area contributed by atoms with E-state index in [1.807, 2.05) is 0 Å². The summed E-state index contributed by atoms with van der Waals surface area (Å²) in [5.41, 5.74) is 1.35. The second-order valence-electron chi connectivity index (χ2n) is 13.2. The molecule has 168 valence electrons. The van der Waals surface area contributed by atoms with Crippen molar-refractivity contribution in [3.05, 3.63) is 0 Å². The van der Waals surface area contributed by atoms with Crippen LogP contribution in [0, 0.1) is 58.2 Å². The highest BCUT2D eigenvalue weighted by Gasteiger charge is 2.62. The standard InChI is InChI=1S/C29H52/c1-7-22-19-23-13-8-9-17-28(23,5)26-16-18-29(6)24(14-15-25(29)27(22)26)21(4)12-10-11-20(2)3/h20-27H,7-19H2,1-6H3/t21-,22+,23?,24-,25+,26+,27+,28+,29-/m1/s1. The summed E-state index contributed by atoms with van der Waals surface area (Å²) in [7, 11) is 0. The maximum atomic E-state index is 2.77. The van der Waals surface area contributed by atoms with Gasteiger partial charge in [0.05, 0.1) is 0 Å². The zero-order valence-corrected chi connectivity index (χ0v) is 20.8. The molecule has 0 amide bonds. The predicted molar refractivity (Wildman–Crippen MR) is 127 cm³/mol. The number of hydrogen-bond acceptors (Lipinski definition) is 0. The molecule has 1 unspecified atom stereocenters. The van der Waals surface area contributed by atoms with Crippen molar-refractivity contribution >= 4 is 0 Å². The van der Waals surface area contributed by atoms with Crippen LogP contribution in [0.4, 0.5) is 0 Å². The Hall–Kier alpha value is 0. The summed E-state index contributed by atoms with van der Waals surface area (Å²) < 4.78 is 0. The van der Waals surface area contributed by atoms with Gasteiger partial charge in [-0.05, 0) is 103 Å². The van der Waals surface area contributed by atoms with Crippen molar-refractivity contribution in [2.45, 2.75) is 125 Å². The van der Waals surface area contributed by atoms with E-state index in [0.29, 0.717) is 10.8 Å². The molecule has 0 radical (unpaired) electrons. The largest absolute Gasteiger partial charge is 0.0651 e. The molecule has 0 spiro atoms. The van der Waals surface area contributed by atoms with E-state index in [2.05, 4.69) is 41.5 Å². The van der Waals surface area contributed by atoms with Crippen LogP contribution in [0.2, 0.25) is 0 Å². The molecule has 0 heterocycles. The van der Waals surface area contributed by atoms with E-state index < -0.39 is 0 Å². The average Bonchev–Trinajstić information content (AvgIpc) is 3.04. The third-order valence-electron chi connectivity index (χ3n) is 11.5. The van der Waals surface area contributed by atoms with Crippen molar-refractivity contribution in [1.82, 2.24) is 0 Å². The molecule has 0 N–H and O–H groups in total. The van der Waals surface area contributed by atoms with Gasteiger partial charge in [0, 0.05) is 0 Å². The maximum absolute atomic E-state index is 2.77.